The fourth-order valence-electron chi connectivity index (χ4n) is 3.65. The molecule has 2 aromatic rings. The zero-order chi connectivity index (χ0) is 20.2. The molecular formula is C26H36O2. The summed E-state index contributed by atoms with van der Waals surface area (Å²) in [6.07, 6.45) is 10.5. The summed E-state index contributed by atoms with van der Waals surface area (Å²) in [5.41, 5.74) is 5.14. The first kappa shape index (κ1) is 22.2. The highest BCUT2D eigenvalue weighted by molar-refractivity contribution is 5.66. The van der Waals surface area contributed by atoms with Gasteiger partial charge in [0.25, 0.3) is 0 Å². The van der Waals surface area contributed by atoms with Crippen molar-refractivity contribution in [3.8, 4) is 11.1 Å². The van der Waals surface area contributed by atoms with E-state index in [0.717, 1.165) is 19.3 Å². The molecule has 0 saturated heterocycles. The molecule has 1 atom stereocenters. The van der Waals surface area contributed by atoms with Gasteiger partial charge in [-0.25, -0.2) is 0 Å². The normalized spacial score (nSPS) is 12.0. The van der Waals surface area contributed by atoms with E-state index in [4.69, 9.17) is 4.74 Å². The van der Waals surface area contributed by atoms with Crippen molar-refractivity contribution in [2.45, 2.75) is 84.7 Å². The van der Waals surface area contributed by atoms with Gasteiger partial charge in [-0.3, -0.25) is 4.79 Å². The van der Waals surface area contributed by atoms with Gasteiger partial charge in [-0.2, -0.15) is 0 Å². The topological polar surface area (TPSA) is 26.3 Å². The summed E-state index contributed by atoms with van der Waals surface area (Å²) < 4.78 is 5.44. The van der Waals surface area contributed by atoms with Crippen LogP contribution in [-0.4, -0.2) is 12.1 Å². The van der Waals surface area contributed by atoms with Crippen molar-refractivity contribution >= 4 is 5.97 Å². The van der Waals surface area contributed by atoms with E-state index in [-0.39, 0.29) is 12.1 Å². The summed E-state index contributed by atoms with van der Waals surface area (Å²) in [5.74, 6) is -0.194. The Balaban J connectivity index is 1.90. The minimum Gasteiger partial charge on any atom is -0.462 e. The second-order valence-electron chi connectivity index (χ2n) is 7.78. The molecule has 0 aromatic heterocycles. The molecule has 28 heavy (non-hydrogen) atoms. The Morgan fingerprint density at radius 1 is 0.786 bits per heavy atom. The Hall–Kier alpha value is -2.09. The number of hydrogen-bond acceptors (Lipinski definition) is 2. The monoisotopic (exact) mass is 380 g/mol. The summed E-state index contributed by atoms with van der Waals surface area (Å²) in [4.78, 5) is 11.3. The van der Waals surface area contributed by atoms with Crippen molar-refractivity contribution in [3.63, 3.8) is 0 Å². The number of carbonyl (C=O) groups excluding carboxylic acids is 1. The lowest BCUT2D eigenvalue weighted by atomic mass is 9.98. The smallest absolute Gasteiger partial charge is 0.302 e. The van der Waals surface area contributed by atoms with Crippen LogP contribution in [-0.2, 0) is 22.4 Å². The van der Waals surface area contributed by atoms with Crippen molar-refractivity contribution in [2.75, 3.05) is 0 Å². The molecule has 152 valence electrons. The zero-order valence-corrected chi connectivity index (χ0v) is 17.9. The second kappa shape index (κ2) is 12.4. The lowest BCUT2D eigenvalue weighted by molar-refractivity contribution is -0.146. The van der Waals surface area contributed by atoms with Crippen LogP contribution in [0.25, 0.3) is 11.1 Å². The standard InChI is InChI=1S/C26H36O2/c1-4-6-7-8-9-11-22-12-16-24(17-13-22)25-18-14-23(15-19-25)20-26(10-5-2)28-21(3)27/h12-19,26H,4-11,20H2,1-3H3. The molecule has 0 N–H and O–H groups in total. The van der Waals surface area contributed by atoms with E-state index in [1.165, 1.54) is 67.7 Å². The van der Waals surface area contributed by atoms with Gasteiger partial charge in [-0.15, -0.1) is 0 Å². The molecule has 0 amide bonds. The van der Waals surface area contributed by atoms with Crippen LogP contribution in [0.5, 0.6) is 0 Å². The Morgan fingerprint density at radius 3 is 1.89 bits per heavy atom. The molecular weight excluding hydrogens is 344 g/mol. The number of rotatable bonds is 12. The molecule has 0 aliphatic heterocycles. The maximum atomic E-state index is 11.3. The lowest BCUT2D eigenvalue weighted by Crippen LogP contribution is -2.18. The van der Waals surface area contributed by atoms with Gasteiger partial charge >= 0.3 is 5.97 Å². The Morgan fingerprint density at radius 2 is 1.36 bits per heavy atom. The molecule has 0 aliphatic rings. The molecule has 0 bridgehead atoms. The van der Waals surface area contributed by atoms with Crippen molar-refractivity contribution in [2.24, 2.45) is 0 Å². The van der Waals surface area contributed by atoms with Gasteiger partial charge in [0.15, 0.2) is 0 Å². The van der Waals surface area contributed by atoms with Gasteiger partial charge in [0.2, 0.25) is 0 Å². The van der Waals surface area contributed by atoms with E-state index in [1.807, 2.05) is 0 Å². The van der Waals surface area contributed by atoms with Gasteiger partial charge < -0.3 is 4.74 Å². The lowest BCUT2D eigenvalue weighted by Gasteiger charge is -2.16. The van der Waals surface area contributed by atoms with Crippen LogP contribution in [0.4, 0.5) is 0 Å². The molecule has 2 rings (SSSR count). The summed E-state index contributed by atoms with van der Waals surface area (Å²) in [6.45, 7) is 5.86. The van der Waals surface area contributed by atoms with Crippen molar-refractivity contribution in [1.29, 1.82) is 0 Å². The number of aryl methyl sites for hydroxylation is 1. The van der Waals surface area contributed by atoms with E-state index in [0.29, 0.717) is 0 Å². The minimum absolute atomic E-state index is 0.0232. The molecule has 0 fully saturated rings. The van der Waals surface area contributed by atoms with E-state index < -0.39 is 0 Å². The molecule has 0 aliphatic carbocycles. The van der Waals surface area contributed by atoms with Crippen molar-refractivity contribution in [1.82, 2.24) is 0 Å². The van der Waals surface area contributed by atoms with Crippen LogP contribution in [0.2, 0.25) is 0 Å². The zero-order valence-electron chi connectivity index (χ0n) is 17.9. The fraction of sp³-hybridized carbons (Fsp3) is 0.500. The van der Waals surface area contributed by atoms with E-state index in [2.05, 4.69) is 62.4 Å². The quantitative estimate of drug-likeness (QED) is 0.289. The van der Waals surface area contributed by atoms with Gasteiger partial charge in [0.1, 0.15) is 6.10 Å². The van der Waals surface area contributed by atoms with Gasteiger partial charge in [0, 0.05) is 13.3 Å². The van der Waals surface area contributed by atoms with E-state index in [9.17, 15) is 4.79 Å². The Bertz CT molecular complexity index is 685. The third kappa shape index (κ3) is 7.88. The molecule has 2 heteroatoms. The maximum Gasteiger partial charge on any atom is 0.302 e. The number of ether oxygens (including phenoxy) is 1. The van der Waals surface area contributed by atoms with Gasteiger partial charge in [-0.05, 0) is 41.5 Å². The SMILES string of the molecule is CCCCCCCc1ccc(-c2ccc(CC(CCC)OC(C)=O)cc2)cc1. The fourth-order valence-corrected chi connectivity index (χ4v) is 3.65. The van der Waals surface area contributed by atoms with Crippen LogP contribution in [0.1, 0.15) is 76.8 Å². The summed E-state index contributed by atoms with van der Waals surface area (Å²) in [5, 5.41) is 0. The highest BCUT2D eigenvalue weighted by Gasteiger charge is 2.12. The van der Waals surface area contributed by atoms with E-state index in [1.54, 1.807) is 0 Å². The first-order valence-electron chi connectivity index (χ1n) is 11.0. The van der Waals surface area contributed by atoms with Crippen LogP contribution in [0.15, 0.2) is 48.5 Å². The highest BCUT2D eigenvalue weighted by atomic mass is 16.5. The number of carbonyl (C=O) groups is 1. The van der Waals surface area contributed by atoms with Crippen LogP contribution in [0.3, 0.4) is 0 Å². The average molecular weight is 381 g/mol. The molecule has 2 nitrogen and oxygen atoms in total. The van der Waals surface area contributed by atoms with Crippen molar-refractivity contribution < 1.29 is 9.53 Å². The second-order valence-corrected chi connectivity index (χ2v) is 7.78. The Kier molecular flexibility index (Phi) is 9.82. The Labute approximate surface area is 171 Å². The minimum atomic E-state index is -0.194. The third-order valence-corrected chi connectivity index (χ3v) is 5.22. The number of benzene rings is 2. The van der Waals surface area contributed by atoms with E-state index >= 15 is 0 Å². The summed E-state index contributed by atoms with van der Waals surface area (Å²) >= 11 is 0. The first-order chi connectivity index (χ1) is 13.6. The van der Waals surface area contributed by atoms with Crippen LogP contribution in [0, 0.1) is 0 Å². The molecule has 0 saturated carbocycles. The maximum absolute atomic E-state index is 11.3. The van der Waals surface area contributed by atoms with Gasteiger partial charge in [-0.1, -0.05) is 94.5 Å². The summed E-state index contributed by atoms with van der Waals surface area (Å²) in [6, 6.07) is 17.6. The number of unbranched alkanes of at least 4 members (excludes halogenated alkanes) is 4. The van der Waals surface area contributed by atoms with Crippen LogP contribution < -0.4 is 0 Å². The molecule has 0 spiro atoms. The molecule has 2 aromatic carbocycles. The largest absolute Gasteiger partial charge is 0.462 e. The molecule has 0 heterocycles. The number of esters is 1. The first-order valence-corrected chi connectivity index (χ1v) is 11.0. The average Bonchev–Trinajstić information content (AvgIpc) is 2.69. The predicted octanol–water partition coefficient (Wildman–Crippen LogP) is 7.14. The van der Waals surface area contributed by atoms with Crippen molar-refractivity contribution in [3.05, 3.63) is 59.7 Å². The highest BCUT2D eigenvalue weighted by Crippen LogP contribution is 2.22. The summed E-state index contributed by atoms with van der Waals surface area (Å²) in [7, 11) is 0. The molecule has 1 unspecified atom stereocenters. The molecule has 0 radical (unpaired) electrons. The number of hydrogen-bond donors (Lipinski definition) is 0. The van der Waals surface area contributed by atoms with Gasteiger partial charge in [0.05, 0.1) is 0 Å². The predicted molar refractivity (Wildman–Crippen MR) is 119 cm³/mol. The third-order valence-electron chi connectivity index (χ3n) is 5.22. The van der Waals surface area contributed by atoms with Crippen LogP contribution >= 0.6 is 0 Å².